The summed E-state index contributed by atoms with van der Waals surface area (Å²) in [5.41, 5.74) is 1.16. The second-order valence-electron chi connectivity index (χ2n) is 8.63. The first-order valence-corrected chi connectivity index (χ1v) is 11.8. The van der Waals surface area contributed by atoms with Gasteiger partial charge in [-0.15, -0.1) is 11.3 Å². The lowest BCUT2D eigenvalue weighted by Crippen LogP contribution is -2.51. The fourth-order valence-corrected chi connectivity index (χ4v) is 5.55. The third-order valence-electron chi connectivity index (χ3n) is 6.68. The molecule has 29 heavy (non-hydrogen) atoms. The standard InChI is InChI=1S/C23H35N3O2S/c1-17-6-4-5-7-20(17)25(3)19-10-13-26(14-11-19)23(28)16-24-22(27)9-8-21-18(2)12-15-29-21/h8-9,12,15,17,19-20H,4-7,10-11,13-14,16H2,1-3H3,(H,24,27)/b9-8+/t17-,20+/m0/s1. The molecule has 1 saturated heterocycles. The summed E-state index contributed by atoms with van der Waals surface area (Å²) in [5.74, 6) is 0.577. The molecule has 2 atom stereocenters. The number of nitrogens with one attached hydrogen (secondary N) is 1. The smallest absolute Gasteiger partial charge is 0.244 e. The molecule has 1 saturated carbocycles. The summed E-state index contributed by atoms with van der Waals surface area (Å²) >= 11 is 1.61. The fraction of sp³-hybridized carbons (Fsp3) is 0.652. The first-order chi connectivity index (χ1) is 14.0. The van der Waals surface area contributed by atoms with Crippen LogP contribution in [0.15, 0.2) is 17.5 Å². The third kappa shape index (κ3) is 5.92. The number of hydrogen-bond donors (Lipinski definition) is 1. The van der Waals surface area contributed by atoms with Crippen molar-refractivity contribution in [2.75, 3.05) is 26.7 Å². The summed E-state index contributed by atoms with van der Waals surface area (Å²) in [5, 5.41) is 4.74. The molecule has 0 radical (unpaired) electrons. The van der Waals surface area contributed by atoms with E-state index in [9.17, 15) is 9.59 Å². The molecule has 2 amide bonds. The van der Waals surface area contributed by atoms with Crippen LogP contribution < -0.4 is 5.32 Å². The Hall–Kier alpha value is -1.66. The Kier molecular flexibility index (Phi) is 7.90. The minimum absolute atomic E-state index is 0.0196. The molecular formula is C23H35N3O2S. The molecule has 1 aromatic heterocycles. The molecule has 2 fully saturated rings. The van der Waals surface area contributed by atoms with Crippen LogP contribution in [0.4, 0.5) is 0 Å². The number of nitrogens with zero attached hydrogens (tertiary/aromatic N) is 2. The first kappa shape index (κ1) is 22.0. The summed E-state index contributed by atoms with van der Waals surface area (Å²) in [6.45, 7) is 6.06. The Balaban J connectivity index is 1.40. The molecule has 1 N–H and O–H groups in total. The Morgan fingerprint density at radius 3 is 2.62 bits per heavy atom. The average Bonchev–Trinajstić information content (AvgIpc) is 3.15. The summed E-state index contributed by atoms with van der Waals surface area (Å²) < 4.78 is 0. The number of amides is 2. The predicted octanol–water partition coefficient (Wildman–Crippen LogP) is 3.69. The van der Waals surface area contributed by atoms with Crippen LogP contribution in [0.1, 0.15) is 55.9 Å². The highest BCUT2D eigenvalue weighted by atomic mass is 32.1. The van der Waals surface area contributed by atoms with Gasteiger partial charge in [0.1, 0.15) is 0 Å². The van der Waals surface area contributed by atoms with Crippen LogP contribution in [0.5, 0.6) is 0 Å². The topological polar surface area (TPSA) is 52.7 Å². The van der Waals surface area contributed by atoms with Crippen LogP contribution in [0, 0.1) is 12.8 Å². The van der Waals surface area contributed by atoms with Gasteiger partial charge in [0.2, 0.25) is 11.8 Å². The highest BCUT2D eigenvalue weighted by Gasteiger charge is 2.32. The van der Waals surface area contributed by atoms with E-state index in [0.29, 0.717) is 12.1 Å². The van der Waals surface area contributed by atoms with Gasteiger partial charge in [-0.3, -0.25) is 9.59 Å². The zero-order valence-electron chi connectivity index (χ0n) is 18.0. The van der Waals surface area contributed by atoms with Crippen molar-refractivity contribution in [2.45, 2.75) is 64.5 Å². The lowest BCUT2D eigenvalue weighted by molar-refractivity contribution is -0.133. The van der Waals surface area contributed by atoms with Crippen molar-refractivity contribution in [3.05, 3.63) is 28.0 Å². The van der Waals surface area contributed by atoms with Crippen molar-refractivity contribution in [1.29, 1.82) is 0 Å². The van der Waals surface area contributed by atoms with Gasteiger partial charge in [0, 0.05) is 36.1 Å². The van der Waals surface area contributed by atoms with Gasteiger partial charge in [-0.25, -0.2) is 0 Å². The summed E-state index contributed by atoms with van der Waals surface area (Å²) in [7, 11) is 2.27. The first-order valence-electron chi connectivity index (χ1n) is 11.0. The van der Waals surface area contributed by atoms with Gasteiger partial charge in [-0.2, -0.15) is 0 Å². The van der Waals surface area contributed by atoms with Crippen molar-refractivity contribution in [3.8, 4) is 0 Å². The molecule has 2 heterocycles. The minimum atomic E-state index is -0.216. The van der Waals surface area contributed by atoms with Crippen molar-refractivity contribution in [3.63, 3.8) is 0 Å². The maximum Gasteiger partial charge on any atom is 0.244 e. The zero-order chi connectivity index (χ0) is 20.8. The van der Waals surface area contributed by atoms with Crippen LogP contribution in [-0.4, -0.2) is 60.4 Å². The lowest BCUT2D eigenvalue weighted by atomic mass is 9.84. The highest BCUT2D eigenvalue weighted by Crippen LogP contribution is 2.30. The van der Waals surface area contributed by atoms with E-state index >= 15 is 0 Å². The Morgan fingerprint density at radius 2 is 1.97 bits per heavy atom. The van der Waals surface area contributed by atoms with Gasteiger partial charge < -0.3 is 15.1 Å². The molecular weight excluding hydrogens is 382 g/mol. The molecule has 0 bridgehead atoms. The Bertz CT molecular complexity index is 721. The number of carbonyl (C=O) groups is 2. The van der Waals surface area contributed by atoms with E-state index in [4.69, 9.17) is 0 Å². The Morgan fingerprint density at radius 1 is 1.24 bits per heavy atom. The fourth-order valence-electron chi connectivity index (χ4n) is 4.74. The normalized spacial score (nSPS) is 23.7. The van der Waals surface area contributed by atoms with Crippen molar-refractivity contribution < 1.29 is 9.59 Å². The third-order valence-corrected chi connectivity index (χ3v) is 7.67. The maximum absolute atomic E-state index is 12.5. The van der Waals surface area contributed by atoms with Crippen molar-refractivity contribution >= 4 is 29.2 Å². The molecule has 5 nitrogen and oxygen atoms in total. The second-order valence-corrected chi connectivity index (χ2v) is 9.57. The van der Waals surface area contributed by atoms with E-state index < -0.39 is 0 Å². The Labute approximate surface area is 179 Å². The van der Waals surface area contributed by atoms with Crippen molar-refractivity contribution in [2.24, 2.45) is 5.92 Å². The van der Waals surface area contributed by atoms with E-state index in [0.717, 1.165) is 42.3 Å². The molecule has 2 aliphatic rings. The molecule has 6 heteroatoms. The summed E-state index contributed by atoms with van der Waals surface area (Å²) in [4.78, 5) is 30.1. The SMILES string of the molecule is Cc1ccsc1/C=C/C(=O)NCC(=O)N1CCC(N(C)[C@@H]2CCCC[C@@H]2C)CC1. The molecule has 1 aromatic rings. The molecule has 3 rings (SSSR count). The molecule has 160 valence electrons. The van der Waals surface area contributed by atoms with E-state index in [2.05, 4.69) is 24.2 Å². The van der Waals surface area contributed by atoms with Gasteiger partial charge in [0.15, 0.2) is 0 Å². The number of hydrogen-bond acceptors (Lipinski definition) is 4. The minimum Gasteiger partial charge on any atom is -0.343 e. The highest BCUT2D eigenvalue weighted by molar-refractivity contribution is 7.11. The number of rotatable bonds is 6. The number of likely N-dealkylation sites (tertiary alicyclic amines) is 1. The molecule has 0 spiro atoms. The van der Waals surface area contributed by atoms with Gasteiger partial charge in [0.25, 0.3) is 0 Å². The van der Waals surface area contributed by atoms with Gasteiger partial charge in [-0.1, -0.05) is 19.8 Å². The molecule has 0 aromatic carbocycles. The van der Waals surface area contributed by atoms with Crippen LogP contribution >= 0.6 is 11.3 Å². The van der Waals surface area contributed by atoms with E-state index in [1.54, 1.807) is 11.3 Å². The van der Waals surface area contributed by atoms with Crippen molar-refractivity contribution in [1.82, 2.24) is 15.1 Å². The number of carbonyl (C=O) groups excluding carboxylic acids is 2. The predicted molar refractivity (Wildman–Crippen MR) is 120 cm³/mol. The largest absolute Gasteiger partial charge is 0.343 e. The average molecular weight is 418 g/mol. The molecule has 1 aliphatic heterocycles. The molecule has 1 aliphatic carbocycles. The van der Waals surface area contributed by atoms with E-state index in [1.807, 2.05) is 29.3 Å². The second kappa shape index (κ2) is 10.4. The lowest BCUT2D eigenvalue weighted by Gasteiger charge is -2.44. The van der Waals surface area contributed by atoms with Crippen LogP contribution in [0.2, 0.25) is 0 Å². The van der Waals surface area contributed by atoms with Gasteiger partial charge >= 0.3 is 0 Å². The van der Waals surface area contributed by atoms with E-state index in [1.165, 1.54) is 31.8 Å². The maximum atomic E-state index is 12.5. The summed E-state index contributed by atoms with van der Waals surface area (Å²) in [6, 6.07) is 3.28. The van der Waals surface area contributed by atoms with Gasteiger partial charge in [0.05, 0.1) is 6.54 Å². The number of thiophene rings is 1. The summed E-state index contributed by atoms with van der Waals surface area (Å²) in [6.07, 6.45) is 10.7. The van der Waals surface area contributed by atoms with Gasteiger partial charge in [-0.05, 0) is 68.7 Å². The molecule has 0 unspecified atom stereocenters. The number of aryl methyl sites for hydroxylation is 1. The van der Waals surface area contributed by atoms with Crippen LogP contribution in [-0.2, 0) is 9.59 Å². The van der Waals surface area contributed by atoms with E-state index in [-0.39, 0.29) is 18.4 Å². The zero-order valence-corrected chi connectivity index (χ0v) is 18.8. The van der Waals surface area contributed by atoms with Crippen LogP contribution in [0.3, 0.4) is 0 Å². The monoisotopic (exact) mass is 417 g/mol. The number of piperidine rings is 1. The van der Waals surface area contributed by atoms with Crippen LogP contribution in [0.25, 0.3) is 6.08 Å². The quantitative estimate of drug-likeness (QED) is 0.718.